The van der Waals surface area contributed by atoms with Crippen molar-refractivity contribution in [2.24, 2.45) is 11.1 Å². The molecule has 1 aliphatic heterocycles. The van der Waals surface area contributed by atoms with Gasteiger partial charge in [0.15, 0.2) is 0 Å². The Morgan fingerprint density at radius 1 is 1.33 bits per heavy atom. The lowest BCUT2D eigenvalue weighted by Gasteiger charge is -2.40. The highest BCUT2D eigenvalue weighted by Gasteiger charge is 2.35. The number of nitrogens with two attached hydrogens (primary N) is 1. The molecule has 6 heteroatoms. The fourth-order valence-electron chi connectivity index (χ4n) is 2.82. The number of rotatable bonds is 4. The highest BCUT2D eigenvalue weighted by molar-refractivity contribution is 5.87. The molecule has 3 N–H and O–H groups in total. The Morgan fingerprint density at radius 2 is 2.00 bits per heavy atom. The Hall–Kier alpha value is -2.08. The maximum atomic E-state index is 12.9. The average Bonchev–Trinajstić information content (AvgIpc) is 2.53. The maximum absolute atomic E-state index is 12.9. The summed E-state index contributed by atoms with van der Waals surface area (Å²) in [5, 5.41) is 2.59. The van der Waals surface area contributed by atoms with Crippen molar-refractivity contribution in [3.8, 4) is 0 Å². The predicted octanol–water partition coefficient (Wildman–Crippen LogP) is 1.54. The second kappa shape index (κ2) is 7.66. The van der Waals surface area contributed by atoms with Gasteiger partial charge in [-0.1, -0.05) is 51.1 Å². The summed E-state index contributed by atoms with van der Waals surface area (Å²) in [5.41, 5.74) is 6.19. The number of benzene rings is 1. The summed E-state index contributed by atoms with van der Waals surface area (Å²) in [6, 6.07) is 8.24. The monoisotopic (exact) mass is 333 g/mol. The Kier molecular flexibility index (Phi) is 5.83. The number of primary amides is 1. The van der Waals surface area contributed by atoms with E-state index in [4.69, 9.17) is 10.5 Å². The van der Waals surface area contributed by atoms with Crippen LogP contribution < -0.4 is 11.1 Å². The number of hydrogen-bond donors (Lipinski definition) is 2. The van der Waals surface area contributed by atoms with Crippen LogP contribution in [0.4, 0.5) is 4.79 Å². The van der Waals surface area contributed by atoms with Crippen LogP contribution in [0.2, 0.25) is 0 Å². The van der Waals surface area contributed by atoms with Gasteiger partial charge in [0.05, 0.1) is 12.7 Å². The lowest BCUT2D eigenvalue weighted by Crippen LogP contribution is -2.56. The number of nitrogens with one attached hydrogen (secondary N) is 1. The van der Waals surface area contributed by atoms with Crippen LogP contribution in [0.1, 0.15) is 26.3 Å². The van der Waals surface area contributed by atoms with Gasteiger partial charge in [-0.3, -0.25) is 4.79 Å². The molecule has 1 fully saturated rings. The third-order valence-corrected chi connectivity index (χ3v) is 4.24. The summed E-state index contributed by atoms with van der Waals surface area (Å²) in [6.45, 7) is 7.83. The first kappa shape index (κ1) is 18.3. The van der Waals surface area contributed by atoms with Gasteiger partial charge in [0.1, 0.15) is 6.04 Å². The van der Waals surface area contributed by atoms with Crippen molar-refractivity contribution in [1.29, 1.82) is 0 Å². The summed E-state index contributed by atoms with van der Waals surface area (Å²) >= 11 is 0. The maximum Gasteiger partial charge on any atom is 0.312 e. The summed E-state index contributed by atoms with van der Waals surface area (Å²) in [6.07, 6.45) is 0.390. The van der Waals surface area contributed by atoms with Crippen molar-refractivity contribution >= 4 is 11.9 Å². The zero-order valence-corrected chi connectivity index (χ0v) is 14.6. The first-order valence-electron chi connectivity index (χ1n) is 8.27. The minimum Gasteiger partial charge on any atom is -0.374 e. The molecule has 1 heterocycles. The molecule has 132 valence electrons. The molecule has 2 rings (SSSR count). The van der Waals surface area contributed by atoms with E-state index in [0.717, 1.165) is 5.56 Å². The van der Waals surface area contributed by atoms with Gasteiger partial charge in [0.2, 0.25) is 5.91 Å². The molecule has 0 unspecified atom stereocenters. The standard InChI is InChI=1S/C18H27N3O3/c1-18(2,3)15-12-21(9-10-24-15)16(22)14(20-17(19)23)11-13-7-5-4-6-8-13/h4-8,14-15H,9-12H2,1-3H3,(H3,19,20,23)/t14-,15+/m1/s1. The molecule has 0 radical (unpaired) electrons. The first-order chi connectivity index (χ1) is 11.3. The Bertz CT molecular complexity index is 569. The second-order valence-corrected chi connectivity index (χ2v) is 7.26. The number of amides is 3. The highest BCUT2D eigenvalue weighted by atomic mass is 16.5. The quantitative estimate of drug-likeness (QED) is 0.876. The lowest BCUT2D eigenvalue weighted by atomic mass is 9.88. The molecule has 3 amide bonds. The van der Waals surface area contributed by atoms with Crippen LogP contribution in [0.15, 0.2) is 30.3 Å². The molecule has 0 bridgehead atoms. The number of carbonyl (C=O) groups is 2. The summed E-state index contributed by atoms with van der Waals surface area (Å²) in [4.78, 5) is 26.0. The summed E-state index contributed by atoms with van der Waals surface area (Å²) in [5.74, 6) is -0.116. The molecule has 24 heavy (non-hydrogen) atoms. The number of ether oxygens (including phenoxy) is 1. The highest BCUT2D eigenvalue weighted by Crippen LogP contribution is 2.25. The normalized spacial score (nSPS) is 19.6. The summed E-state index contributed by atoms with van der Waals surface area (Å²) in [7, 11) is 0. The minimum absolute atomic E-state index is 0.0267. The van der Waals surface area contributed by atoms with Gasteiger partial charge < -0.3 is 20.7 Å². The molecule has 0 aromatic heterocycles. The van der Waals surface area contributed by atoms with Gasteiger partial charge in [0.25, 0.3) is 0 Å². The molecular weight excluding hydrogens is 306 g/mol. The van der Waals surface area contributed by atoms with Crippen molar-refractivity contribution in [3.05, 3.63) is 35.9 Å². The van der Waals surface area contributed by atoms with E-state index in [1.807, 2.05) is 30.3 Å². The van der Waals surface area contributed by atoms with Gasteiger partial charge >= 0.3 is 6.03 Å². The van der Waals surface area contributed by atoms with Crippen LogP contribution in [0.25, 0.3) is 0 Å². The molecule has 1 aromatic carbocycles. The zero-order valence-electron chi connectivity index (χ0n) is 14.6. The Balaban J connectivity index is 2.10. The lowest BCUT2D eigenvalue weighted by molar-refractivity contribution is -0.145. The molecule has 1 saturated heterocycles. The van der Waals surface area contributed by atoms with E-state index in [2.05, 4.69) is 26.1 Å². The van der Waals surface area contributed by atoms with Gasteiger partial charge in [0, 0.05) is 19.5 Å². The van der Waals surface area contributed by atoms with Crippen LogP contribution in [0.3, 0.4) is 0 Å². The Labute approximate surface area is 143 Å². The first-order valence-corrected chi connectivity index (χ1v) is 8.27. The van der Waals surface area contributed by atoms with Crippen molar-refractivity contribution in [2.45, 2.75) is 39.3 Å². The third-order valence-electron chi connectivity index (χ3n) is 4.24. The van der Waals surface area contributed by atoms with Crippen molar-refractivity contribution < 1.29 is 14.3 Å². The van der Waals surface area contributed by atoms with Crippen molar-refractivity contribution in [2.75, 3.05) is 19.7 Å². The predicted molar refractivity (Wildman–Crippen MR) is 92.4 cm³/mol. The smallest absolute Gasteiger partial charge is 0.312 e. The fraction of sp³-hybridized carbons (Fsp3) is 0.556. The van der Waals surface area contributed by atoms with E-state index in [-0.39, 0.29) is 17.4 Å². The molecule has 0 spiro atoms. The fourth-order valence-corrected chi connectivity index (χ4v) is 2.82. The van der Waals surface area contributed by atoms with Crippen LogP contribution in [0, 0.1) is 5.41 Å². The van der Waals surface area contributed by atoms with E-state index in [1.165, 1.54) is 0 Å². The van der Waals surface area contributed by atoms with E-state index in [9.17, 15) is 9.59 Å². The largest absolute Gasteiger partial charge is 0.374 e. The van der Waals surface area contributed by atoms with E-state index in [0.29, 0.717) is 26.1 Å². The van der Waals surface area contributed by atoms with Crippen molar-refractivity contribution in [3.63, 3.8) is 0 Å². The van der Waals surface area contributed by atoms with E-state index in [1.54, 1.807) is 4.90 Å². The molecule has 1 aromatic rings. The van der Waals surface area contributed by atoms with Crippen LogP contribution in [-0.4, -0.2) is 48.7 Å². The van der Waals surface area contributed by atoms with E-state index >= 15 is 0 Å². The summed E-state index contributed by atoms with van der Waals surface area (Å²) < 4.78 is 5.80. The number of urea groups is 1. The zero-order chi connectivity index (χ0) is 17.7. The topological polar surface area (TPSA) is 84.7 Å². The average molecular weight is 333 g/mol. The number of carbonyl (C=O) groups excluding carboxylic acids is 2. The molecular formula is C18H27N3O3. The van der Waals surface area contributed by atoms with Crippen LogP contribution >= 0.6 is 0 Å². The van der Waals surface area contributed by atoms with Crippen LogP contribution in [-0.2, 0) is 16.0 Å². The molecule has 0 aliphatic carbocycles. The number of hydrogen-bond acceptors (Lipinski definition) is 3. The molecule has 0 saturated carbocycles. The number of nitrogens with zero attached hydrogens (tertiary/aromatic N) is 1. The Morgan fingerprint density at radius 3 is 2.58 bits per heavy atom. The van der Waals surface area contributed by atoms with E-state index < -0.39 is 12.1 Å². The van der Waals surface area contributed by atoms with Gasteiger partial charge in [-0.15, -0.1) is 0 Å². The van der Waals surface area contributed by atoms with Gasteiger partial charge in [-0.25, -0.2) is 4.79 Å². The molecule has 1 aliphatic rings. The second-order valence-electron chi connectivity index (χ2n) is 7.26. The molecule has 2 atom stereocenters. The van der Waals surface area contributed by atoms with Gasteiger partial charge in [-0.2, -0.15) is 0 Å². The molecule has 6 nitrogen and oxygen atoms in total. The SMILES string of the molecule is CC(C)(C)[C@@H]1CN(C(=O)[C@@H](Cc2ccccc2)NC(N)=O)CCO1. The number of morpholine rings is 1. The van der Waals surface area contributed by atoms with Gasteiger partial charge in [-0.05, 0) is 11.0 Å². The minimum atomic E-state index is -0.690. The van der Waals surface area contributed by atoms with Crippen LogP contribution in [0.5, 0.6) is 0 Å². The third kappa shape index (κ3) is 4.96. The van der Waals surface area contributed by atoms with Crippen molar-refractivity contribution in [1.82, 2.24) is 10.2 Å².